The second kappa shape index (κ2) is 5.84. The van der Waals surface area contributed by atoms with E-state index < -0.39 is 44.1 Å². The van der Waals surface area contributed by atoms with E-state index in [0.717, 1.165) is 0 Å². The van der Waals surface area contributed by atoms with Gasteiger partial charge in [-0.25, -0.2) is 0 Å². The summed E-state index contributed by atoms with van der Waals surface area (Å²) in [6.07, 6.45) is -1.82. The fourth-order valence-electron chi connectivity index (χ4n) is 1.17. The molecule has 0 bridgehead atoms. The zero-order chi connectivity index (χ0) is 17.9. The molecule has 0 aromatic heterocycles. The van der Waals surface area contributed by atoms with Crippen LogP contribution in [0.5, 0.6) is 0 Å². The topological polar surface area (TPSA) is 66.4 Å². The molecular formula is C11H21NO4. The molecule has 16 heavy (non-hydrogen) atoms. The lowest BCUT2D eigenvalue weighted by Gasteiger charge is -2.29. The zero-order valence-corrected chi connectivity index (χ0v) is 9.65. The van der Waals surface area contributed by atoms with Crippen molar-refractivity contribution in [3.8, 4) is 0 Å². The Balaban J connectivity index is 5.25. The Kier molecular flexibility index (Phi) is 2.65. The Morgan fingerprint density at radius 2 is 1.94 bits per heavy atom. The van der Waals surface area contributed by atoms with E-state index in [1.165, 1.54) is 0 Å². The summed E-state index contributed by atoms with van der Waals surface area (Å²) in [6.45, 7) is -6.09. The molecule has 0 aromatic rings. The lowest BCUT2D eigenvalue weighted by atomic mass is 10.2. The summed E-state index contributed by atoms with van der Waals surface area (Å²) in [6, 6.07) is 0. The van der Waals surface area contributed by atoms with E-state index in [0.29, 0.717) is 0 Å². The van der Waals surface area contributed by atoms with Gasteiger partial charge in [0.15, 0.2) is 6.10 Å². The van der Waals surface area contributed by atoms with Crippen molar-refractivity contribution in [1.82, 2.24) is 0 Å². The SMILES string of the molecule is [2H]C([2H])([2H])C(C(=O)O[C@@H](CC(=O)[O-])C[N+](C)(C)C)C([2H])([2H])[2H]. The second-order valence-corrected chi connectivity index (χ2v) is 4.54. The predicted molar refractivity (Wildman–Crippen MR) is 57.2 cm³/mol. The highest BCUT2D eigenvalue weighted by Gasteiger charge is 2.23. The van der Waals surface area contributed by atoms with Crippen molar-refractivity contribution >= 4 is 11.9 Å². The maximum Gasteiger partial charge on any atom is 0.308 e. The van der Waals surface area contributed by atoms with Crippen LogP contribution in [-0.4, -0.2) is 50.2 Å². The lowest BCUT2D eigenvalue weighted by Crippen LogP contribution is -2.45. The molecule has 0 aromatic carbocycles. The number of ether oxygens (including phenoxy) is 1. The Bertz CT molecular complexity index is 398. The smallest absolute Gasteiger partial charge is 0.308 e. The van der Waals surface area contributed by atoms with E-state index in [1.807, 2.05) is 0 Å². The first kappa shape index (κ1) is 7.27. The fraction of sp³-hybridized carbons (Fsp3) is 0.818. The van der Waals surface area contributed by atoms with Crippen molar-refractivity contribution in [2.45, 2.75) is 26.2 Å². The third-order valence-corrected chi connectivity index (χ3v) is 1.66. The zero-order valence-electron chi connectivity index (χ0n) is 15.6. The largest absolute Gasteiger partial charge is 0.550 e. The van der Waals surface area contributed by atoms with Crippen LogP contribution in [-0.2, 0) is 14.3 Å². The van der Waals surface area contributed by atoms with E-state index in [2.05, 4.69) is 0 Å². The minimum atomic E-state index is -3.08. The van der Waals surface area contributed by atoms with Gasteiger partial charge in [-0.1, -0.05) is 13.7 Å². The maximum atomic E-state index is 12.0. The number of hydrogen-bond donors (Lipinski definition) is 0. The van der Waals surface area contributed by atoms with Crippen molar-refractivity contribution < 1.29 is 32.1 Å². The van der Waals surface area contributed by atoms with Crippen LogP contribution in [0.1, 0.15) is 28.3 Å². The summed E-state index contributed by atoms with van der Waals surface area (Å²) < 4.78 is 48.2. The van der Waals surface area contributed by atoms with Gasteiger partial charge in [0, 0.05) is 20.6 Å². The number of carboxylic acid groups (broad SMARTS) is 1. The second-order valence-electron chi connectivity index (χ2n) is 4.54. The van der Waals surface area contributed by atoms with Gasteiger partial charge in [0.05, 0.1) is 27.1 Å². The Hall–Kier alpha value is -1.10. The van der Waals surface area contributed by atoms with Crippen molar-refractivity contribution in [2.24, 2.45) is 5.92 Å². The molecule has 0 heterocycles. The lowest BCUT2D eigenvalue weighted by molar-refractivity contribution is -0.873. The molecule has 0 aliphatic rings. The molecule has 0 N–H and O–H groups in total. The Labute approximate surface area is 105 Å². The number of carboxylic acids is 1. The van der Waals surface area contributed by atoms with E-state index in [-0.39, 0.29) is 11.0 Å². The molecule has 5 heteroatoms. The minimum Gasteiger partial charge on any atom is -0.550 e. The first-order chi connectivity index (χ1) is 9.54. The van der Waals surface area contributed by atoms with Crippen LogP contribution in [0.4, 0.5) is 0 Å². The fourth-order valence-corrected chi connectivity index (χ4v) is 1.17. The standard InChI is InChI=1S/C11H21NO4/c1-8(2)11(15)16-9(6-10(13)14)7-12(3,4)5/h8-9H,6-7H2,1-5H3/t9-/m0/s1/i1D3,2D3. The number of hydrogen-bond acceptors (Lipinski definition) is 4. The van der Waals surface area contributed by atoms with Gasteiger partial charge in [-0.15, -0.1) is 0 Å². The van der Waals surface area contributed by atoms with Crippen molar-refractivity contribution in [2.75, 3.05) is 27.7 Å². The van der Waals surface area contributed by atoms with Gasteiger partial charge in [0.2, 0.25) is 0 Å². The van der Waals surface area contributed by atoms with E-state index in [9.17, 15) is 14.7 Å². The normalized spacial score (nSPS) is 20.8. The van der Waals surface area contributed by atoms with Crippen molar-refractivity contribution in [3.05, 3.63) is 0 Å². The maximum absolute atomic E-state index is 12.0. The molecular weight excluding hydrogens is 210 g/mol. The molecule has 94 valence electrons. The van der Waals surface area contributed by atoms with Crippen molar-refractivity contribution in [3.63, 3.8) is 0 Å². The van der Waals surface area contributed by atoms with Gasteiger partial charge in [0.25, 0.3) is 0 Å². The van der Waals surface area contributed by atoms with Crippen LogP contribution in [0.3, 0.4) is 0 Å². The summed E-state index contributed by atoms with van der Waals surface area (Å²) in [5, 5.41) is 10.7. The molecule has 0 aliphatic carbocycles. The third kappa shape index (κ3) is 7.23. The molecule has 0 rings (SSSR count). The summed E-state index contributed by atoms with van der Waals surface area (Å²) in [5.41, 5.74) is 0. The molecule has 0 saturated carbocycles. The quantitative estimate of drug-likeness (QED) is 0.457. The minimum absolute atomic E-state index is 0.0639. The van der Waals surface area contributed by atoms with Gasteiger partial charge >= 0.3 is 5.97 Å². The summed E-state index contributed by atoms with van der Waals surface area (Å²) >= 11 is 0. The average Bonchev–Trinajstić information content (AvgIpc) is 2.05. The molecule has 0 unspecified atom stereocenters. The van der Waals surface area contributed by atoms with Gasteiger partial charge in [-0.3, -0.25) is 4.79 Å². The molecule has 0 spiro atoms. The molecule has 0 aliphatic heterocycles. The molecule has 0 fully saturated rings. The number of nitrogens with zero attached hydrogens (tertiary/aromatic N) is 1. The highest BCUT2D eigenvalue weighted by Crippen LogP contribution is 2.07. The summed E-state index contributed by atoms with van der Waals surface area (Å²) in [7, 11) is 5.13. The number of likely N-dealkylation sites (N-methyl/N-ethyl adjacent to an activating group) is 1. The summed E-state index contributed by atoms with van der Waals surface area (Å²) in [5.74, 6) is -5.26. The number of esters is 1. The van der Waals surface area contributed by atoms with Crippen molar-refractivity contribution in [1.29, 1.82) is 0 Å². The molecule has 0 radical (unpaired) electrons. The van der Waals surface area contributed by atoms with E-state index in [1.54, 1.807) is 21.1 Å². The van der Waals surface area contributed by atoms with Crippen LogP contribution < -0.4 is 5.11 Å². The van der Waals surface area contributed by atoms with Crippen LogP contribution in [0.2, 0.25) is 0 Å². The average molecular weight is 237 g/mol. The molecule has 1 atom stereocenters. The summed E-state index contributed by atoms with van der Waals surface area (Å²) in [4.78, 5) is 22.7. The number of aliphatic carboxylic acids is 1. The third-order valence-electron chi connectivity index (χ3n) is 1.66. The van der Waals surface area contributed by atoms with Crippen LogP contribution in [0.15, 0.2) is 0 Å². The van der Waals surface area contributed by atoms with E-state index in [4.69, 9.17) is 13.0 Å². The van der Waals surface area contributed by atoms with Gasteiger partial charge in [-0.05, 0) is 0 Å². The van der Waals surface area contributed by atoms with Crippen LogP contribution in [0, 0.1) is 5.92 Å². The molecule has 0 amide bonds. The van der Waals surface area contributed by atoms with Gasteiger partial charge in [0.1, 0.15) is 6.54 Å². The monoisotopic (exact) mass is 237 g/mol. The van der Waals surface area contributed by atoms with Gasteiger partial charge in [-0.2, -0.15) is 0 Å². The number of carbonyl (C=O) groups is 2. The first-order valence-electron chi connectivity index (χ1n) is 7.75. The predicted octanol–water partition coefficient (Wildman–Crippen LogP) is -0.600. The number of carbonyl (C=O) groups excluding carboxylic acids is 2. The Morgan fingerprint density at radius 1 is 1.38 bits per heavy atom. The van der Waals surface area contributed by atoms with Crippen LogP contribution in [0.25, 0.3) is 0 Å². The number of rotatable bonds is 6. The van der Waals surface area contributed by atoms with E-state index >= 15 is 0 Å². The Morgan fingerprint density at radius 3 is 2.31 bits per heavy atom. The van der Waals surface area contributed by atoms with Crippen LogP contribution >= 0.6 is 0 Å². The molecule has 0 saturated heterocycles. The first-order valence-corrected chi connectivity index (χ1v) is 4.75. The van der Waals surface area contributed by atoms with Gasteiger partial charge < -0.3 is 19.1 Å². The number of quaternary nitrogens is 1. The molecule has 5 nitrogen and oxygen atoms in total. The highest BCUT2D eigenvalue weighted by molar-refractivity contribution is 5.72. The highest BCUT2D eigenvalue weighted by atomic mass is 16.5.